The molecule has 0 bridgehead atoms. The van der Waals surface area contributed by atoms with Crippen molar-refractivity contribution in [1.82, 2.24) is 15.5 Å². The fourth-order valence-corrected chi connectivity index (χ4v) is 3.37. The fraction of sp³-hybridized carbons (Fsp3) is 0.300. The predicted molar refractivity (Wildman–Crippen MR) is 98.8 cm³/mol. The van der Waals surface area contributed by atoms with Crippen molar-refractivity contribution in [2.75, 3.05) is 20.3 Å². The Labute approximate surface area is 151 Å². The molecule has 2 heterocycles. The fourth-order valence-electron chi connectivity index (χ4n) is 3.37. The van der Waals surface area contributed by atoms with E-state index in [0.29, 0.717) is 18.8 Å². The molecule has 26 heavy (non-hydrogen) atoms. The number of amides is 1. The summed E-state index contributed by atoms with van der Waals surface area (Å²) in [6.07, 6.45) is 0.841. The predicted octanol–water partition coefficient (Wildman–Crippen LogP) is 2.86. The Morgan fingerprint density at radius 3 is 3.12 bits per heavy atom. The quantitative estimate of drug-likeness (QED) is 0.758. The molecule has 3 aromatic rings. The Hall–Kier alpha value is -3.02. The first-order chi connectivity index (χ1) is 12.7. The van der Waals surface area contributed by atoms with Crippen LogP contribution in [0, 0.1) is 12.8 Å². The molecule has 1 atom stereocenters. The smallest absolute Gasteiger partial charge is 0.272 e. The van der Waals surface area contributed by atoms with Gasteiger partial charge < -0.3 is 14.8 Å². The van der Waals surface area contributed by atoms with Crippen LogP contribution < -0.4 is 14.8 Å². The highest BCUT2D eigenvalue weighted by molar-refractivity contribution is 6.04. The molecule has 0 radical (unpaired) electrons. The first-order valence-electron chi connectivity index (χ1n) is 8.67. The second kappa shape index (κ2) is 6.71. The highest BCUT2D eigenvalue weighted by atomic mass is 16.5. The number of aryl methyl sites for hydroxylation is 1. The molecule has 6 heteroatoms. The number of benzene rings is 2. The van der Waals surface area contributed by atoms with Crippen molar-refractivity contribution in [3.05, 3.63) is 53.2 Å². The van der Waals surface area contributed by atoms with Crippen LogP contribution in [-0.2, 0) is 6.42 Å². The standard InChI is InChI=1S/C20H21N3O3/c1-12-6-7-16-15(8-12)18(23-22-16)20(24)21-10-13-9-14-4-3-5-17(25-2)19(14)26-11-13/h3-8,13H,9-11H2,1-2H3,(H,21,24)(H,22,23)/t13-/m1/s1. The van der Waals surface area contributed by atoms with Gasteiger partial charge in [-0.25, -0.2) is 0 Å². The van der Waals surface area contributed by atoms with Crippen LogP contribution in [0.25, 0.3) is 10.9 Å². The zero-order chi connectivity index (χ0) is 18.1. The van der Waals surface area contributed by atoms with E-state index >= 15 is 0 Å². The molecule has 2 N–H and O–H groups in total. The lowest BCUT2D eigenvalue weighted by atomic mass is 9.96. The summed E-state index contributed by atoms with van der Waals surface area (Å²) in [5.41, 5.74) is 3.50. The molecule has 0 saturated heterocycles. The second-order valence-corrected chi connectivity index (χ2v) is 6.66. The summed E-state index contributed by atoms with van der Waals surface area (Å²) in [6, 6.07) is 11.8. The number of aromatic amines is 1. The third-order valence-corrected chi connectivity index (χ3v) is 4.74. The van der Waals surface area contributed by atoms with Gasteiger partial charge in [0.05, 0.1) is 19.2 Å². The van der Waals surface area contributed by atoms with Crippen LogP contribution >= 0.6 is 0 Å². The van der Waals surface area contributed by atoms with Crippen molar-refractivity contribution < 1.29 is 14.3 Å². The van der Waals surface area contributed by atoms with E-state index in [4.69, 9.17) is 9.47 Å². The SMILES string of the molecule is COc1cccc2c1OC[C@@H](CNC(=O)c1n[nH]c3ccc(C)cc13)C2. The van der Waals surface area contributed by atoms with E-state index < -0.39 is 0 Å². The summed E-state index contributed by atoms with van der Waals surface area (Å²) >= 11 is 0. The molecule has 0 fully saturated rings. The third-order valence-electron chi connectivity index (χ3n) is 4.74. The van der Waals surface area contributed by atoms with Gasteiger partial charge in [0.2, 0.25) is 0 Å². The van der Waals surface area contributed by atoms with Crippen molar-refractivity contribution in [2.45, 2.75) is 13.3 Å². The normalized spacial score (nSPS) is 16.0. The van der Waals surface area contributed by atoms with Crippen molar-refractivity contribution in [3.63, 3.8) is 0 Å². The lowest BCUT2D eigenvalue weighted by Gasteiger charge is -2.26. The van der Waals surface area contributed by atoms with Gasteiger partial charge in [0.1, 0.15) is 0 Å². The van der Waals surface area contributed by atoms with Crippen LogP contribution in [0.4, 0.5) is 0 Å². The maximum absolute atomic E-state index is 12.6. The van der Waals surface area contributed by atoms with Gasteiger partial charge >= 0.3 is 0 Å². The molecule has 1 aliphatic rings. The number of hydrogen-bond donors (Lipinski definition) is 2. The lowest BCUT2D eigenvalue weighted by molar-refractivity contribution is 0.0935. The van der Waals surface area contributed by atoms with Crippen molar-refractivity contribution in [1.29, 1.82) is 0 Å². The number of fused-ring (bicyclic) bond motifs is 2. The van der Waals surface area contributed by atoms with Crippen LogP contribution in [-0.4, -0.2) is 36.4 Å². The summed E-state index contributed by atoms with van der Waals surface area (Å²) in [5, 5.41) is 10.9. The first kappa shape index (κ1) is 16.4. The van der Waals surface area contributed by atoms with Crippen LogP contribution in [0.15, 0.2) is 36.4 Å². The number of methoxy groups -OCH3 is 1. The van der Waals surface area contributed by atoms with Gasteiger partial charge in [-0.1, -0.05) is 23.8 Å². The minimum absolute atomic E-state index is 0.168. The van der Waals surface area contributed by atoms with E-state index in [1.165, 1.54) is 0 Å². The molecule has 0 aliphatic carbocycles. The average Bonchev–Trinajstić information content (AvgIpc) is 3.08. The highest BCUT2D eigenvalue weighted by Crippen LogP contribution is 2.35. The number of nitrogens with zero attached hydrogens (tertiary/aromatic N) is 1. The number of H-pyrrole nitrogens is 1. The number of para-hydroxylation sites is 1. The molecule has 0 spiro atoms. The zero-order valence-corrected chi connectivity index (χ0v) is 14.8. The Morgan fingerprint density at radius 1 is 1.38 bits per heavy atom. The van der Waals surface area contributed by atoms with Gasteiger partial charge in [0.15, 0.2) is 17.2 Å². The molecule has 6 nitrogen and oxygen atoms in total. The summed E-state index contributed by atoms with van der Waals surface area (Å²) < 4.78 is 11.2. The van der Waals surface area contributed by atoms with Gasteiger partial charge in [-0.2, -0.15) is 5.10 Å². The second-order valence-electron chi connectivity index (χ2n) is 6.66. The monoisotopic (exact) mass is 351 g/mol. The van der Waals surface area contributed by atoms with E-state index in [9.17, 15) is 4.79 Å². The highest BCUT2D eigenvalue weighted by Gasteiger charge is 2.24. The van der Waals surface area contributed by atoms with E-state index in [2.05, 4.69) is 15.5 Å². The Morgan fingerprint density at radius 2 is 2.27 bits per heavy atom. The van der Waals surface area contributed by atoms with E-state index in [1.54, 1.807) is 7.11 Å². The third kappa shape index (κ3) is 2.98. The van der Waals surface area contributed by atoms with Crippen LogP contribution in [0.3, 0.4) is 0 Å². The number of aromatic nitrogens is 2. The van der Waals surface area contributed by atoms with Crippen molar-refractivity contribution in [2.24, 2.45) is 5.92 Å². The summed E-state index contributed by atoms with van der Waals surface area (Å²) in [7, 11) is 1.64. The van der Waals surface area contributed by atoms with E-state index in [-0.39, 0.29) is 11.8 Å². The van der Waals surface area contributed by atoms with Gasteiger partial charge in [0.25, 0.3) is 5.91 Å². The van der Waals surface area contributed by atoms with Crippen LogP contribution in [0.2, 0.25) is 0 Å². The molecular formula is C20H21N3O3. The number of carbonyl (C=O) groups is 1. The Bertz CT molecular complexity index is 964. The van der Waals surface area contributed by atoms with Crippen molar-refractivity contribution in [3.8, 4) is 11.5 Å². The molecule has 4 rings (SSSR count). The Balaban J connectivity index is 1.44. The number of nitrogens with one attached hydrogen (secondary N) is 2. The minimum Gasteiger partial charge on any atom is -0.493 e. The molecule has 1 aliphatic heterocycles. The molecule has 134 valence electrons. The summed E-state index contributed by atoms with van der Waals surface area (Å²) in [4.78, 5) is 12.6. The molecule has 1 aromatic heterocycles. The average molecular weight is 351 g/mol. The Kier molecular flexibility index (Phi) is 4.24. The molecular weight excluding hydrogens is 330 g/mol. The number of carbonyl (C=O) groups excluding carboxylic acids is 1. The molecule has 0 saturated carbocycles. The van der Waals surface area contributed by atoms with E-state index in [1.807, 2.05) is 43.3 Å². The molecule has 1 amide bonds. The summed E-state index contributed by atoms with van der Waals surface area (Å²) in [5.74, 6) is 1.61. The first-order valence-corrected chi connectivity index (χ1v) is 8.67. The maximum atomic E-state index is 12.6. The van der Waals surface area contributed by atoms with Gasteiger partial charge in [-0.05, 0) is 37.1 Å². The molecule has 2 aromatic carbocycles. The number of rotatable bonds is 4. The van der Waals surface area contributed by atoms with Crippen LogP contribution in [0.1, 0.15) is 21.6 Å². The van der Waals surface area contributed by atoms with Gasteiger partial charge in [0, 0.05) is 17.8 Å². The van der Waals surface area contributed by atoms with Crippen LogP contribution in [0.5, 0.6) is 11.5 Å². The zero-order valence-electron chi connectivity index (χ0n) is 14.8. The van der Waals surface area contributed by atoms with Crippen molar-refractivity contribution >= 4 is 16.8 Å². The maximum Gasteiger partial charge on any atom is 0.272 e. The lowest BCUT2D eigenvalue weighted by Crippen LogP contribution is -2.35. The number of hydrogen-bond acceptors (Lipinski definition) is 4. The molecule has 0 unspecified atom stereocenters. The van der Waals surface area contributed by atoms with Gasteiger partial charge in [-0.15, -0.1) is 0 Å². The number of ether oxygens (including phenoxy) is 2. The van der Waals surface area contributed by atoms with Gasteiger partial charge in [-0.3, -0.25) is 9.89 Å². The van der Waals surface area contributed by atoms with E-state index in [0.717, 1.165) is 39.9 Å². The summed E-state index contributed by atoms with van der Waals surface area (Å²) in [6.45, 7) is 3.09. The topological polar surface area (TPSA) is 76.2 Å². The minimum atomic E-state index is -0.168. The largest absolute Gasteiger partial charge is 0.493 e.